The van der Waals surface area contributed by atoms with Crippen LogP contribution in [0.2, 0.25) is 0 Å². The number of carboxylic acid groups (broad SMARTS) is 1. The molecule has 3 N–H and O–H groups in total. The van der Waals surface area contributed by atoms with Crippen LogP contribution >= 0.6 is 0 Å². The largest absolute Gasteiger partial charge is 0.480 e. The van der Waals surface area contributed by atoms with Crippen molar-refractivity contribution in [3.05, 3.63) is 18.5 Å². The highest BCUT2D eigenvalue weighted by atomic mass is 16.4. The normalized spacial score (nSPS) is 25.0. The summed E-state index contributed by atoms with van der Waals surface area (Å²) in [7, 11) is 1.92. The smallest absolute Gasteiger partial charge is 0.326 e. The molecule has 16 heavy (non-hydrogen) atoms. The summed E-state index contributed by atoms with van der Waals surface area (Å²) in [5, 5.41) is 9.18. The lowest BCUT2D eigenvalue weighted by molar-refractivity contribution is -0.138. The number of aliphatic carboxylic acids is 1. The maximum atomic E-state index is 11.2. The quantitative estimate of drug-likeness (QED) is 0.778. The standard InChI is InChI=1S/C11H17N3O2/c1-13-5-4-9(7-13)14-8(6-12)2-3-10(14)11(15)16/h4-5,7-8,10H,2-3,6,12H2,1H3,(H,15,16)/t8-,10+/m1/s1. The summed E-state index contributed by atoms with van der Waals surface area (Å²) in [6.07, 6.45) is 5.37. The van der Waals surface area contributed by atoms with Gasteiger partial charge in [-0.2, -0.15) is 0 Å². The predicted molar refractivity (Wildman–Crippen MR) is 61.4 cm³/mol. The van der Waals surface area contributed by atoms with Gasteiger partial charge in [0.25, 0.3) is 0 Å². The second-order valence-corrected chi connectivity index (χ2v) is 4.26. The van der Waals surface area contributed by atoms with Gasteiger partial charge in [0.05, 0.1) is 5.69 Å². The Morgan fingerprint density at radius 1 is 1.62 bits per heavy atom. The fourth-order valence-electron chi connectivity index (χ4n) is 2.39. The lowest BCUT2D eigenvalue weighted by atomic mass is 10.2. The minimum Gasteiger partial charge on any atom is -0.480 e. The van der Waals surface area contributed by atoms with Gasteiger partial charge in [-0.15, -0.1) is 0 Å². The van der Waals surface area contributed by atoms with E-state index in [0.29, 0.717) is 13.0 Å². The SMILES string of the molecule is Cn1ccc(N2[C@@H](CN)CC[C@H]2C(=O)O)c1. The van der Waals surface area contributed by atoms with Crippen molar-refractivity contribution in [2.24, 2.45) is 12.8 Å². The minimum atomic E-state index is -0.764. The lowest BCUT2D eigenvalue weighted by Gasteiger charge is -2.28. The molecular formula is C11H17N3O2. The van der Waals surface area contributed by atoms with Gasteiger partial charge in [0.1, 0.15) is 6.04 Å². The van der Waals surface area contributed by atoms with Crippen LogP contribution in [0, 0.1) is 0 Å². The molecule has 1 aliphatic heterocycles. The van der Waals surface area contributed by atoms with E-state index >= 15 is 0 Å². The van der Waals surface area contributed by atoms with Gasteiger partial charge in [0.2, 0.25) is 0 Å². The summed E-state index contributed by atoms with van der Waals surface area (Å²) in [6.45, 7) is 0.499. The zero-order chi connectivity index (χ0) is 11.7. The summed E-state index contributed by atoms with van der Waals surface area (Å²) in [6, 6.07) is 1.64. The van der Waals surface area contributed by atoms with E-state index in [0.717, 1.165) is 12.1 Å². The monoisotopic (exact) mass is 223 g/mol. The average Bonchev–Trinajstić information content (AvgIpc) is 2.82. The molecule has 0 unspecified atom stereocenters. The lowest BCUT2D eigenvalue weighted by Crippen LogP contribution is -2.43. The van der Waals surface area contributed by atoms with E-state index in [4.69, 9.17) is 5.73 Å². The van der Waals surface area contributed by atoms with Crippen LogP contribution in [0.4, 0.5) is 5.69 Å². The molecule has 1 aromatic rings. The molecule has 1 fully saturated rings. The van der Waals surface area contributed by atoms with Crippen molar-refractivity contribution >= 4 is 11.7 Å². The van der Waals surface area contributed by atoms with E-state index in [9.17, 15) is 9.90 Å². The summed E-state index contributed by atoms with van der Waals surface area (Å²) in [5.74, 6) is -0.764. The van der Waals surface area contributed by atoms with E-state index in [-0.39, 0.29) is 6.04 Å². The number of aromatic nitrogens is 1. The number of hydrogen-bond donors (Lipinski definition) is 2. The average molecular weight is 223 g/mol. The van der Waals surface area contributed by atoms with Gasteiger partial charge < -0.3 is 20.3 Å². The van der Waals surface area contributed by atoms with Crippen molar-refractivity contribution in [3.8, 4) is 0 Å². The first-order valence-electron chi connectivity index (χ1n) is 5.46. The van der Waals surface area contributed by atoms with Crippen molar-refractivity contribution in [1.29, 1.82) is 0 Å². The molecular weight excluding hydrogens is 206 g/mol. The fourth-order valence-corrected chi connectivity index (χ4v) is 2.39. The third-order valence-corrected chi connectivity index (χ3v) is 3.17. The maximum absolute atomic E-state index is 11.2. The number of aryl methyl sites for hydroxylation is 1. The zero-order valence-electron chi connectivity index (χ0n) is 9.34. The number of hydrogen-bond acceptors (Lipinski definition) is 3. The summed E-state index contributed by atoms with van der Waals surface area (Å²) < 4.78 is 1.92. The molecule has 88 valence electrons. The maximum Gasteiger partial charge on any atom is 0.326 e. The Bertz CT molecular complexity index is 388. The van der Waals surface area contributed by atoms with Crippen molar-refractivity contribution in [2.45, 2.75) is 24.9 Å². The van der Waals surface area contributed by atoms with Gasteiger partial charge in [-0.1, -0.05) is 0 Å². The molecule has 0 aromatic carbocycles. The molecule has 0 spiro atoms. The zero-order valence-corrected chi connectivity index (χ0v) is 9.34. The summed E-state index contributed by atoms with van der Waals surface area (Å²) in [5.41, 5.74) is 6.64. The van der Waals surface area contributed by atoms with E-state index in [1.165, 1.54) is 0 Å². The highest BCUT2D eigenvalue weighted by molar-refractivity contribution is 5.79. The van der Waals surface area contributed by atoms with Crippen LogP contribution in [-0.2, 0) is 11.8 Å². The molecule has 0 amide bonds. The number of carboxylic acids is 1. The first kappa shape index (κ1) is 11.0. The first-order chi connectivity index (χ1) is 7.63. The number of nitrogens with two attached hydrogens (primary N) is 1. The van der Waals surface area contributed by atoms with Crippen molar-refractivity contribution in [3.63, 3.8) is 0 Å². The van der Waals surface area contributed by atoms with E-state index in [1.54, 1.807) is 0 Å². The van der Waals surface area contributed by atoms with Gasteiger partial charge in [-0.3, -0.25) is 0 Å². The molecule has 1 aliphatic rings. The summed E-state index contributed by atoms with van der Waals surface area (Å²) in [4.78, 5) is 13.1. The summed E-state index contributed by atoms with van der Waals surface area (Å²) >= 11 is 0. The predicted octanol–water partition coefficient (Wildman–Crippen LogP) is 0.406. The number of rotatable bonds is 3. The van der Waals surface area contributed by atoms with E-state index in [1.807, 2.05) is 35.0 Å². The number of nitrogens with zero attached hydrogens (tertiary/aromatic N) is 2. The molecule has 0 saturated carbocycles. The molecule has 2 heterocycles. The van der Waals surface area contributed by atoms with Crippen LogP contribution in [0.1, 0.15) is 12.8 Å². The topological polar surface area (TPSA) is 71.5 Å². The molecule has 0 aliphatic carbocycles. The van der Waals surface area contributed by atoms with Gasteiger partial charge in [-0.25, -0.2) is 4.79 Å². The molecule has 1 aromatic heterocycles. The highest BCUT2D eigenvalue weighted by Gasteiger charge is 2.37. The van der Waals surface area contributed by atoms with Gasteiger partial charge in [0.15, 0.2) is 0 Å². The van der Waals surface area contributed by atoms with Crippen molar-refractivity contribution in [2.75, 3.05) is 11.4 Å². The highest BCUT2D eigenvalue weighted by Crippen LogP contribution is 2.30. The molecule has 1 saturated heterocycles. The Kier molecular flexibility index (Phi) is 2.87. The molecule has 2 atom stereocenters. The van der Waals surface area contributed by atoms with E-state index < -0.39 is 12.0 Å². The molecule has 0 bridgehead atoms. The van der Waals surface area contributed by atoms with Gasteiger partial charge in [-0.05, 0) is 18.9 Å². The second kappa shape index (κ2) is 4.17. The second-order valence-electron chi connectivity index (χ2n) is 4.26. The Labute approximate surface area is 94.5 Å². The molecule has 2 rings (SSSR count). The Morgan fingerprint density at radius 3 is 2.88 bits per heavy atom. The Morgan fingerprint density at radius 2 is 2.38 bits per heavy atom. The van der Waals surface area contributed by atoms with Gasteiger partial charge >= 0.3 is 5.97 Å². The van der Waals surface area contributed by atoms with Crippen LogP contribution in [0.5, 0.6) is 0 Å². The van der Waals surface area contributed by atoms with E-state index in [2.05, 4.69) is 0 Å². The minimum absolute atomic E-state index is 0.142. The third-order valence-electron chi connectivity index (χ3n) is 3.17. The van der Waals surface area contributed by atoms with Crippen LogP contribution in [-0.4, -0.2) is 34.3 Å². The Hall–Kier alpha value is -1.49. The molecule has 5 heteroatoms. The van der Waals surface area contributed by atoms with Crippen molar-refractivity contribution < 1.29 is 9.90 Å². The number of anilines is 1. The molecule has 0 radical (unpaired) electrons. The van der Waals surface area contributed by atoms with Crippen LogP contribution < -0.4 is 10.6 Å². The first-order valence-corrected chi connectivity index (χ1v) is 5.46. The molecule has 5 nitrogen and oxygen atoms in total. The van der Waals surface area contributed by atoms with Crippen molar-refractivity contribution in [1.82, 2.24) is 4.57 Å². The van der Waals surface area contributed by atoms with Crippen LogP contribution in [0.25, 0.3) is 0 Å². The van der Waals surface area contributed by atoms with Crippen LogP contribution in [0.3, 0.4) is 0 Å². The van der Waals surface area contributed by atoms with Gasteiger partial charge in [0, 0.05) is 32.0 Å². The van der Waals surface area contributed by atoms with Crippen LogP contribution in [0.15, 0.2) is 18.5 Å². The fraction of sp³-hybridized carbons (Fsp3) is 0.545. The third kappa shape index (κ3) is 1.78. The Balaban J connectivity index is 2.29. The number of carbonyl (C=O) groups is 1.